The fourth-order valence-electron chi connectivity index (χ4n) is 1.61. The second-order valence-corrected chi connectivity index (χ2v) is 6.26. The van der Waals surface area contributed by atoms with Gasteiger partial charge in [-0.3, -0.25) is 0 Å². The van der Waals surface area contributed by atoms with Crippen molar-refractivity contribution >= 4 is 26.7 Å². The summed E-state index contributed by atoms with van der Waals surface area (Å²) in [4.78, 5) is 0.0777. The molecular weight excluding hydrogens is 270 g/mol. The average Bonchev–Trinajstić information content (AvgIpc) is 2.84. The molecule has 4 N–H and O–H groups in total. The van der Waals surface area contributed by atoms with E-state index >= 15 is 0 Å². The van der Waals surface area contributed by atoms with E-state index in [4.69, 9.17) is 0 Å². The summed E-state index contributed by atoms with van der Waals surface area (Å²) in [5.74, 6) is 0. The zero-order valence-electron chi connectivity index (χ0n) is 10.8. The number of quaternary nitrogens is 1. The SMILES string of the molecule is CN(C)S(=O)(=O)c1ccc(NCC[NH3+])c2nonc12. The summed E-state index contributed by atoms with van der Waals surface area (Å²) in [7, 11) is -0.656. The Labute approximate surface area is 110 Å². The number of sulfonamides is 1. The van der Waals surface area contributed by atoms with Crippen LogP contribution in [0.5, 0.6) is 0 Å². The zero-order valence-corrected chi connectivity index (χ0v) is 11.6. The van der Waals surface area contributed by atoms with Crippen molar-refractivity contribution in [2.45, 2.75) is 4.90 Å². The zero-order chi connectivity index (χ0) is 14.0. The van der Waals surface area contributed by atoms with Crippen molar-refractivity contribution in [3.8, 4) is 0 Å². The van der Waals surface area contributed by atoms with E-state index in [9.17, 15) is 8.42 Å². The lowest BCUT2D eigenvalue weighted by Crippen LogP contribution is -2.53. The lowest BCUT2D eigenvalue weighted by molar-refractivity contribution is -0.362. The number of anilines is 1. The monoisotopic (exact) mass is 286 g/mol. The quantitative estimate of drug-likeness (QED) is 0.738. The van der Waals surface area contributed by atoms with E-state index < -0.39 is 10.0 Å². The third-order valence-corrected chi connectivity index (χ3v) is 4.48. The number of aromatic nitrogens is 2. The Kier molecular flexibility index (Phi) is 3.69. The van der Waals surface area contributed by atoms with Gasteiger partial charge in [-0.05, 0) is 22.4 Å². The number of fused-ring (bicyclic) bond motifs is 1. The summed E-state index contributed by atoms with van der Waals surface area (Å²) in [5, 5.41) is 10.5. The minimum Gasteiger partial charge on any atom is -0.377 e. The first-order valence-corrected chi connectivity index (χ1v) is 7.13. The van der Waals surface area contributed by atoms with E-state index in [-0.39, 0.29) is 10.4 Å². The van der Waals surface area contributed by atoms with Gasteiger partial charge >= 0.3 is 0 Å². The standard InChI is InChI=1S/C10H15N5O3S/c1-15(2)19(16,17)8-4-3-7(12-6-5-11)9-10(8)14-18-13-9/h3-4,12H,5-6,11H2,1-2H3/p+1. The molecule has 0 aliphatic carbocycles. The molecule has 0 radical (unpaired) electrons. The van der Waals surface area contributed by atoms with Gasteiger partial charge in [0.15, 0.2) is 11.0 Å². The Bertz CT molecular complexity index is 680. The number of rotatable bonds is 5. The molecular formula is C10H16N5O3S+. The Balaban J connectivity index is 2.58. The molecule has 0 unspecified atom stereocenters. The molecule has 9 heteroatoms. The maximum absolute atomic E-state index is 12.2. The number of benzene rings is 1. The van der Waals surface area contributed by atoms with Crippen molar-refractivity contribution in [1.29, 1.82) is 0 Å². The van der Waals surface area contributed by atoms with Gasteiger partial charge in [-0.1, -0.05) is 0 Å². The third-order valence-electron chi connectivity index (χ3n) is 2.63. The largest absolute Gasteiger partial charge is 0.377 e. The topological polar surface area (TPSA) is 116 Å². The van der Waals surface area contributed by atoms with Gasteiger partial charge in [0.05, 0.1) is 18.8 Å². The highest BCUT2D eigenvalue weighted by atomic mass is 32.2. The van der Waals surface area contributed by atoms with Crippen LogP contribution in [0.1, 0.15) is 0 Å². The van der Waals surface area contributed by atoms with Gasteiger partial charge in [0, 0.05) is 14.1 Å². The van der Waals surface area contributed by atoms with Crippen LogP contribution in [0.25, 0.3) is 11.0 Å². The predicted octanol–water partition coefficient (Wildman–Crippen LogP) is -0.873. The first-order valence-electron chi connectivity index (χ1n) is 5.69. The molecule has 0 aliphatic heterocycles. The molecule has 19 heavy (non-hydrogen) atoms. The molecule has 0 spiro atoms. The van der Waals surface area contributed by atoms with Crippen molar-refractivity contribution in [3.63, 3.8) is 0 Å². The molecule has 0 aliphatic rings. The van der Waals surface area contributed by atoms with E-state index in [1.807, 2.05) is 0 Å². The second-order valence-electron chi connectivity index (χ2n) is 4.14. The Morgan fingerprint density at radius 3 is 2.63 bits per heavy atom. The summed E-state index contributed by atoms with van der Waals surface area (Å²) >= 11 is 0. The predicted molar refractivity (Wildman–Crippen MR) is 68.9 cm³/mol. The summed E-state index contributed by atoms with van der Waals surface area (Å²) in [6, 6.07) is 3.14. The van der Waals surface area contributed by atoms with Crippen LogP contribution in [0, 0.1) is 0 Å². The van der Waals surface area contributed by atoms with Gasteiger partial charge in [0.25, 0.3) is 0 Å². The lowest BCUT2D eigenvalue weighted by Gasteiger charge is -2.12. The summed E-state index contributed by atoms with van der Waals surface area (Å²) < 4.78 is 30.1. The van der Waals surface area contributed by atoms with Gasteiger partial charge in [0.1, 0.15) is 4.90 Å². The minimum atomic E-state index is -3.58. The van der Waals surface area contributed by atoms with Gasteiger partial charge in [-0.15, -0.1) is 0 Å². The Morgan fingerprint density at radius 1 is 1.32 bits per heavy atom. The molecule has 1 aromatic heterocycles. The van der Waals surface area contributed by atoms with Crippen LogP contribution in [-0.2, 0) is 10.0 Å². The normalized spacial score (nSPS) is 12.2. The van der Waals surface area contributed by atoms with Crippen molar-refractivity contribution < 1.29 is 18.8 Å². The number of nitrogens with zero attached hydrogens (tertiary/aromatic N) is 3. The summed E-state index contributed by atoms with van der Waals surface area (Å²) in [6.07, 6.45) is 0. The first-order chi connectivity index (χ1) is 8.98. The molecule has 8 nitrogen and oxygen atoms in total. The van der Waals surface area contributed by atoms with E-state index in [0.717, 1.165) is 4.31 Å². The van der Waals surface area contributed by atoms with Crippen molar-refractivity contribution in [2.24, 2.45) is 0 Å². The third kappa shape index (κ3) is 2.39. The van der Waals surface area contributed by atoms with Crippen LogP contribution in [0.2, 0.25) is 0 Å². The highest BCUT2D eigenvalue weighted by Crippen LogP contribution is 2.27. The molecule has 2 aromatic rings. The van der Waals surface area contributed by atoms with Crippen molar-refractivity contribution in [2.75, 3.05) is 32.5 Å². The number of hydrogen-bond donors (Lipinski definition) is 2. The van der Waals surface area contributed by atoms with Gasteiger partial charge in [-0.2, -0.15) is 0 Å². The highest BCUT2D eigenvalue weighted by molar-refractivity contribution is 7.89. The molecule has 1 aromatic carbocycles. The van der Waals surface area contributed by atoms with E-state index in [0.29, 0.717) is 24.3 Å². The lowest BCUT2D eigenvalue weighted by atomic mass is 10.2. The fraction of sp³-hybridized carbons (Fsp3) is 0.400. The van der Waals surface area contributed by atoms with Gasteiger partial charge < -0.3 is 11.1 Å². The summed E-state index contributed by atoms with van der Waals surface area (Å²) in [6.45, 7) is 1.35. The molecule has 1 heterocycles. The molecule has 104 valence electrons. The van der Waals surface area contributed by atoms with Crippen LogP contribution in [0.3, 0.4) is 0 Å². The molecule has 0 saturated heterocycles. The van der Waals surface area contributed by atoms with Crippen LogP contribution >= 0.6 is 0 Å². The van der Waals surface area contributed by atoms with Crippen LogP contribution in [0.4, 0.5) is 5.69 Å². The Morgan fingerprint density at radius 2 is 2.00 bits per heavy atom. The average molecular weight is 286 g/mol. The maximum Gasteiger partial charge on any atom is 0.244 e. The highest BCUT2D eigenvalue weighted by Gasteiger charge is 2.24. The van der Waals surface area contributed by atoms with E-state index in [2.05, 4.69) is 26.0 Å². The van der Waals surface area contributed by atoms with E-state index in [1.54, 1.807) is 6.07 Å². The summed E-state index contributed by atoms with van der Waals surface area (Å²) in [5.41, 5.74) is 5.03. The molecule has 0 fully saturated rings. The second kappa shape index (κ2) is 5.11. The van der Waals surface area contributed by atoms with Crippen LogP contribution < -0.4 is 11.1 Å². The fourth-order valence-corrected chi connectivity index (χ4v) is 2.63. The smallest absolute Gasteiger partial charge is 0.244 e. The van der Waals surface area contributed by atoms with Gasteiger partial charge in [-0.25, -0.2) is 17.4 Å². The molecule has 0 bridgehead atoms. The maximum atomic E-state index is 12.2. The van der Waals surface area contributed by atoms with Crippen LogP contribution in [0.15, 0.2) is 21.7 Å². The van der Waals surface area contributed by atoms with Gasteiger partial charge in [0.2, 0.25) is 10.0 Å². The molecule has 0 saturated carbocycles. The molecule has 0 amide bonds. The number of nitrogens with one attached hydrogen (secondary N) is 1. The Hall–Kier alpha value is -1.71. The number of hydrogen-bond acceptors (Lipinski definition) is 6. The van der Waals surface area contributed by atoms with Crippen LogP contribution in [-0.4, -0.2) is 50.2 Å². The first kappa shape index (κ1) is 13.7. The van der Waals surface area contributed by atoms with Crippen molar-refractivity contribution in [1.82, 2.24) is 14.6 Å². The molecule has 2 rings (SSSR count). The van der Waals surface area contributed by atoms with E-state index in [1.165, 1.54) is 20.2 Å². The van der Waals surface area contributed by atoms with Crippen molar-refractivity contribution in [3.05, 3.63) is 12.1 Å². The minimum absolute atomic E-state index is 0.0777. The molecule has 0 atom stereocenters.